The number of fused-ring (bicyclic) bond motifs is 1. The zero-order valence-electron chi connectivity index (χ0n) is 27.4. The SMILES string of the molecule is CN1C(=N)NC(C)(c2cccc(-c3cc(Cl)ccc3CN=C3N(C)C(=O)C[C@@](C)(c4cc5cccc(Br)c5s4)N3c3ccccc3)c2)C1=O. The Kier molecular flexibility index (Phi) is 8.37. The second kappa shape index (κ2) is 12.4. The summed E-state index contributed by atoms with van der Waals surface area (Å²) in [5.41, 5.74) is 2.52. The lowest BCUT2D eigenvalue weighted by Crippen LogP contribution is -2.61. The Morgan fingerprint density at radius 3 is 2.41 bits per heavy atom. The largest absolute Gasteiger partial charge is 0.338 e. The number of nitrogens with zero attached hydrogens (tertiary/aromatic N) is 4. The van der Waals surface area contributed by atoms with Crippen molar-refractivity contribution in [1.82, 2.24) is 15.1 Å². The number of aliphatic imine (C=N–C) groups is 1. The highest BCUT2D eigenvalue weighted by Crippen LogP contribution is 2.46. The van der Waals surface area contributed by atoms with Crippen LogP contribution in [0.15, 0.2) is 107 Å². The van der Waals surface area contributed by atoms with Gasteiger partial charge < -0.3 is 10.2 Å². The summed E-state index contributed by atoms with van der Waals surface area (Å²) in [6.07, 6.45) is 0.277. The van der Waals surface area contributed by atoms with E-state index >= 15 is 0 Å². The molecule has 0 bridgehead atoms. The molecule has 2 aliphatic heterocycles. The summed E-state index contributed by atoms with van der Waals surface area (Å²) in [4.78, 5) is 38.4. The van der Waals surface area contributed by atoms with Gasteiger partial charge in [-0.15, -0.1) is 11.3 Å². The minimum absolute atomic E-state index is 0.0218. The standard InChI is InChI=1S/C38H34BrClN6O2S/c1-37(31-19-24-11-9-15-30(39)33(24)49-31)21-32(47)44(3)36(46(37)28-13-6-5-7-14-28)42-22-25-16-17-27(40)20-29(25)23-10-8-12-26(18-23)38(2)34(48)45(4)35(41)43-38/h5-20H,21-22H2,1-4H3,(H2,41,43)/t37-,38?/m0/s1. The minimum Gasteiger partial charge on any atom is -0.338 e. The number of para-hydroxylation sites is 1. The lowest BCUT2D eigenvalue weighted by atomic mass is 9.88. The minimum atomic E-state index is -1.07. The van der Waals surface area contributed by atoms with E-state index in [1.807, 2.05) is 72.8 Å². The summed E-state index contributed by atoms with van der Waals surface area (Å²) in [6, 6.07) is 31.9. The maximum Gasteiger partial charge on any atom is 0.259 e. The molecule has 7 rings (SSSR count). The fourth-order valence-corrected chi connectivity index (χ4v) is 8.73. The average Bonchev–Trinajstić information content (AvgIpc) is 3.63. The summed E-state index contributed by atoms with van der Waals surface area (Å²) in [5, 5.41) is 12.9. The highest BCUT2D eigenvalue weighted by molar-refractivity contribution is 9.10. The maximum absolute atomic E-state index is 13.8. The number of anilines is 1. The molecule has 49 heavy (non-hydrogen) atoms. The van der Waals surface area contributed by atoms with Crippen LogP contribution in [0.4, 0.5) is 5.69 Å². The van der Waals surface area contributed by atoms with E-state index in [0.29, 0.717) is 11.0 Å². The highest BCUT2D eigenvalue weighted by Gasteiger charge is 2.47. The molecule has 2 atom stereocenters. The third-order valence-electron chi connectivity index (χ3n) is 9.55. The number of halogens is 2. The molecule has 0 radical (unpaired) electrons. The second-order valence-corrected chi connectivity index (χ2v) is 15.1. The van der Waals surface area contributed by atoms with Gasteiger partial charge in [-0.2, -0.15) is 0 Å². The molecule has 2 fully saturated rings. The number of carbonyl (C=O) groups is 2. The fraction of sp³-hybridized carbons (Fsp3) is 0.211. The van der Waals surface area contributed by atoms with Crippen LogP contribution in [0.1, 0.15) is 36.3 Å². The smallest absolute Gasteiger partial charge is 0.259 e. The number of nitrogens with one attached hydrogen (secondary N) is 2. The number of guanidine groups is 2. The molecule has 8 nitrogen and oxygen atoms in total. The van der Waals surface area contributed by atoms with Gasteiger partial charge in [-0.25, -0.2) is 4.99 Å². The van der Waals surface area contributed by atoms with E-state index in [0.717, 1.165) is 47.4 Å². The predicted molar refractivity (Wildman–Crippen MR) is 202 cm³/mol. The van der Waals surface area contributed by atoms with Crippen LogP contribution in [0.2, 0.25) is 5.02 Å². The third-order valence-corrected chi connectivity index (χ3v) is 12.1. The van der Waals surface area contributed by atoms with Gasteiger partial charge in [-0.05, 0) is 99.9 Å². The first-order valence-electron chi connectivity index (χ1n) is 15.8. The monoisotopic (exact) mass is 752 g/mol. The van der Waals surface area contributed by atoms with Gasteiger partial charge in [0.05, 0.1) is 18.5 Å². The first kappa shape index (κ1) is 33.0. The summed E-state index contributed by atoms with van der Waals surface area (Å²) in [7, 11) is 3.38. The van der Waals surface area contributed by atoms with Gasteiger partial charge in [-0.1, -0.05) is 66.2 Å². The molecule has 1 aromatic heterocycles. The number of rotatable bonds is 6. The van der Waals surface area contributed by atoms with Crippen LogP contribution in [0, 0.1) is 5.41 Å². The molecule has 0 spiro atoms. The summed E-state index contributed by atoms with van der Waals surface area (Å²) in [5.74, 6) is 0.381. The van der Waals surface area contributed by atoms with Crippen molar-refractivity contribution in [2.24, 2.45) is 4.99 Å². The zero-order valence-corrected chi connectivity index (χ0v) is 30.6. The number of thiophene rings is 1. The summed E-state index contributed by atoms with van der Waals surface area (Å²) in [6.45, 7) is 4.18. The van der Waals surface area contributed by atoms with Gasteiger partial charge in [0.15, 0.2) is 5.96 Å². The normalized spacial score (nSPS) is 22.0. The zero-order chi connectivity index (χ0) is 34.7. The fourth-order valence-electron chi connectivity index (χ4n) is 6.73. The van der Waals surface area contributed by atoms with Crippen molar-refractivity contribution in [3.8, 4) is 11.1 Å². The van der Waals surface area contributed by atoms with Gasteiger partial charge >= 0.3 is 0 Å². The van der Waals surface area contributed by atoms with Crippen LogP contribution < -0.4 is 10.2 Å². The van der Waals surface area contributed by atoms with Crippen molar-refractivity contribution >= 4 is 78.4 Å². The van der Waals surface area contributed by atoms with E-state index in [-0.39, 0.29) is 30.7 Å². The van der Waals surface area contributed by atoms with Gasteiger partial charge in [-0.3, -0.25) is 24.8 Å². The molecule has 2 amide bonds. The molecule has 3 heterocycles. The lowest BCUT2D eigenvalue weighted by molar-refractivity contribution is -0.130. The highest BCUT2D eigenvalue weighted by atomic mass is 79.9. The van der Waals surface area contributed by atoms with Crippen LogP contribution in [-0.2, 0) is 27.2 Å². The number of hydrogen-bond acceptors (Lipinski definition) is 5. The van der Waals surface area contributed by atoms with Crippen molar-refractivity contribution in [2.75, 3.05) is 19.0 Å². The Balaban J connectivity index is 1.32. The number of benzene rings is 4. The molecule has 4 aromatic carbocycles. The Hall–Kier alpha value is -4.51. The van der Waals surface area contributed by atoms with Gasteiger partial charge in [0.25, 0.3) is 5.91 Å². The van der Waals surface area contributed by atoms with E-state index in [2.05, 4.69) is 57.3 Å². The molecule has 5 aromatic rings. The van der Waals surface area contributed by atoms with Crippen molar-refractivity contribution in [3.05, 3.63) is 123 Å². The number of hydrogen-bond donors (Lipinski definition) is 2. The van der Waals surface area contributed by atoms with E-state index in [1.54, 1.807) is 37.3 Å². The maximum atomic E-state index is 13.8. The number of likely N-dealkylation sites (N-methyl/N-ethyl adjacent to an activating group) is 1. The first-order chi connectivity index (χ1) is 23.4. The molecule has 11 heteroatoms. The van der Waals surface area contributed by atoms with Crippen molar-refractivity contribution in [3.63, 3.8) is 0 Å². The van der Waals surface area contributed by atoms with Crippen LogP contribution in [0.3, 0.4) is 0 Å². The number of carbonyl (C=O) groups excluding carboxylic acids is 2. The Morgan fingerprint density at radius 2 is 1.69 bits per heavy atom. The molecule has 2 saturated heterocycles. The summed E-state index contributed by atoms with van der Waals surface area (Å²) < 4.78 is 2.16. The first-order valence-corrected chi connectivity index (χ1v) is 17.8. The van der Waals surface area contributed by atoms with Crippen LogP contribution in [0.25, 0.3) is 21.2 Å². The van der Waals surface area contributed by atoms with Crippen LogP contribution in [-0.4, -0.2) is 47.6 Å². The predicted octanol–water partition coefficient (Wildman–Crippen LogP) is 8.34. The Morgan fingerprint density at radius 1 is 0.939 bits per heavy atom. The molecule has 0 aliphatic carbocycles. The summed E-state index contributed by atoms with van der Waals surface area (Å²) >= 11 is 12.0. The van der Waals surface area contributed by atoms with Gasteiger partial charge in [0.2, 0.25) is 11.9 Å². The van der Waals surface area contributed by atoms with Gasteiger partial charge in [0.1, 0.15) is 5.54 Å². The molecule has 2 N–H and O–H groups in total. The topological polar surface area (TPSA) is 92.1 Å². The number of amides is 2. The van der Waals surface area contributed by atoms with Crippen LogP contribution in [0.5, 0.6) is 0 Å². The van der Waals surface area contributed by atoms with E-state index < -0.39 is 11.1 Å². The average molecular weight is 754 g/mol. The Bertz CT molecular complexity index is 2190. The molecular formula is C38H34BrClN6O2S. The molecule has 0 saturated carbocycles. The van der Waals surface area contributed by atoms with Crippen molar-refractivity contribution in [2.45, 2.75) is 37.9 Å². The van der Waals surface area contributed by atoms with E-state index in [1.165, 1.54) is 4.90 Å². The molecule has 1 unspecified atom stereocenters. The Labute approximate surface area is 302 Å². The molecule has 248 valence electrons. The lowest BCUT2D eigenvalue weighted by Gasteiger charge is -2.48. The van der Waals surface area contributed by atoms with Gasteiger partial charge in [0, 0.05) is 38.9 Å². The second-order valence-electron chi connectivity index (χ2n) is 12.8. The van der Waals surface area contributed by atoms with E-state index in [9.17, 15) is 9.59 Å². The van der Waals surface area contributed by atoms with E-state index in [4.69, 9.17) is 22.0 Å². The van der Waals surface area contributed by atoms with Crippen molar-refractivity contribution in [1.29, 1.82) is 5.41 Å². The quantitative estimate of drug-likeness (QED) is 0.183. The molecule has 2 aliphatic rings. The van der Waals surface area contributed by atoms with Crippen LogP contribution >= 0.6 is 38.9 Å². The van der Waals surface area contributed by atoms with Crippen molar-refractivity contribution < 1.29 is 9.59 Å². The molecular weight excluding hydrogens is 720 g/mol. The third kappa shape index (κ3) is 5.61.